The molecular weight excluding hydrogens is 276 g/mol. The fourth-order valence-corrected chi connectivity index (χ4v) is 2.28. The summed E-state index contributed by atoms with van der Waals surface area (Å²) in [5.41, 5.74) is 10.1. The summed E-state index contributed by atoms with van der Waals surface area (Å²) in [4.78, 5) is 12.3. The van der Waals surface area contributed by atoms with Gasteiger partial charge in [-0.1, -0.05) is 18.2 Å². The summed E-state index contributed by atoms with van der Waals surface area (Å²) in [5.74, 6) is 0.578. The smallest absolute Gasteiger partial charge is 0.265 e. The van der Waals surface area contributed by atoms with E-state index in [0.717, 1.165) is 28.1 Å². The quantitative estimate of drug-likeness (QED) is 0.848. The number of rotatable bonds is 4. The van der Waals surface area contributed by atoms with Crippen molar-refractivity contribution < 1.29 is 9.53 Å². The van der Waals surface area contributed by atoms with Gasteiger partial charge in [-0.05, 0) is 62.6 Å². The van der Waals surface area contributed by atoms with Crippen LogP contribution in [0.25, 0.3) is 0 Å². The van der Waals surface area contributed by atoms with Crippen LogP contribution in [0.3, 0.4) is 0 Å². The first-order valence-corrected chi connectivity index (χ1v) is 7.28. The first-order valence-electron chi connectivity index (χ1n) is 7.28. The van der Waals surface area contributed by atoms with E-state index in [-0.39, 0.29) is 5.91 Å². The van der Waals surface area contributed by atoms with E-state index in [2.05, 4.69) is 5.32 Å². The number of aryl methyl sites for hydroxylation is 3. The predicted molar refractivity (Wildman–Crippen MR) is 90.2 cm³/mol. The lowest BCUT2D eigenvalue weighted by molar-refractivity contribution is -0.122. The molecule has 0 aromatic heterocycles. The molecule has 0 radical (unpaired) electrons. The summed E-state index contributed by atoms with van der Waals surface area (Å²) >= 11 is 0. The van der Waals surface area contributed by atoms with Gasteiger partial charge in [0.25, 0.3) is 5.91 Å². The number of amides is 1. The van der Waals surface area contributed by atoms with Crippen LogP contribution >= 0.6 is 0 Å². The van der Waals surface area contributed by atoms with Crippen molar-refractivity contribution in [3.8, 4) is 5.75 Å². The van der Waals surface area contributed by atoms with Gasteiger partial charge < -0.3 is 15.8 Å². The molecule has 116 valence electrons. The maximum absolute atomic E-state index is 12.3. The van der Waals surface area contributed by atoms with Crippen molar-refractivity contribution >= 4 is 17.3 Å². The van der Waals surface area contributed by atoms with Gasteiger partial charge in [0.2, 0.25) is 0 Å². The molecule has 2 aromatic rings. The Morgan fingerprint density at radius 1 is 1.09 bits per heavy atom. The molecule has 0 saturated heterocycles. The Balaban J connectivity index is 2.09. The van der Waals surface area contributed by atoms with E-state index in [4.69, 9.17) is 10.5 Å². The summed E-state index contributed by atoms with van der Waals surface area (Å²) in [6.45, 7) is 7.59. The second-order valence-corrected chi connectivity index (χ2v) is 5.54. The summed E-state index contributed by atoms with van der Waals surface area (Å²) in [6, 6.07) is 11.3. The minimum atomic E-state index is -0.586. The molecule has 1 amide bonds. The molecule has 4 nitrogen and oxygen atoms in total. The number of carbonyl (C=O) groups is 1. The molecule has 0 aliphatic carbocycles. The summed E-state index contributed by atoms with van der Waals surface area (Å²) in [6.07, 6.45) is -0.586. The summed E-state index contributed by atoms with van der Waals surface area (Å²) in [7, 11) is 0. The van der Waals surface area contributed by atoms with Gasteiger partial charge in [-0.25, -0.2) is 0 Å². The Bertz CT molecular complexity index is 675. The number of benzene rings is 2. The third-order valence-electron chi connectivity index (χ3n) is 3.58. The Labute approximate surface area is 131 Å². The SMILES string of the molecule is Cc1cc(N)ccc1NC(=O)[C@H](C)Oc1c(C)cccc1C. The van der Waals surface area contributed by atoms with Crippen LogP contribution in [-0.2, 0) is 4.79 Å². The van der Waals surface area contributed by atoms with Crippen molar-refractivity contribution in [2.45, 2.75) is 33.8 Å². The predicted octanol–water partition coefficient (Wildman–Crippen LogP) is 3.60. The highest BCUT2D eigenvalue weighted by atomic mass is 16.5. The molecule has 0 bridgehead atoms. The monoisotopic (exact) mass is 298 g/mol. The van der Waals surface area contributed by atoms with E-state index in [1.807, 2.05) is 45.0 Å². The van der Waals surface area contributed by atoms with Crippen LogP contribution < -0.4 is 15.8 Å². The molecule has 0 unspecified atom stereocenters. The fourth-order valence-electron chi connectivity index (χ4n) is 2.28. The second kappa shape index (κ2) is 6.52. The van der Waals surface area contributed by atoms with Crippen LogP contribution in [0.5, 0.6) is 5.75 Å². The largest absolute Gasteiger partial charge is 0.480 e. The Morgan fingerprint density at radius 3 is 2.32 bits per heavy atom. The average Bonchev–Trinajstić information content (AvgIpc) is 2.45. The Morgan fingerprint density at radius 2 is 1.73 bits per heavy atom. The van der Waals surface area contributed by atoms with Gasteiger partial charge >= 0.3 is 0 Å². The molecule has 2 aromatic carbocycles. The van der Waals surface area contributed by atoms with E-state index in [1.54, 1.807) is 19.1 Å². The first kappa shape index (κ1) is 15.9. The molecule has 0 aliphatic heterocycles. The third kappa shape index (κ3) is 3.58. The zero-order chi connectivity index (χ0) is 16.3. The topological polar surface area (TPSA) is 64.3 Å². The first-order chi connectivity index (χ1) is 10.4. The molecule has 4 heteroatoms. The minimum Gasteiger partial charge on any atom is -0.480 e. The van der Waals surface area contributed by atoms with Crippen molar-refractivity contribution in [2.75, 3.05) is 11.1 Å². The number of hydrogen-bond acceptors (Lipinski definition) is 3. The highest BCUT2D eigenvalue weighted by Gasteiger charge is 2.17. The van der Waals surface area contributed by atoms with Gasteiger partial charge in [-0.15, -0.1) is 0 Å². The molecule has 3 N–H and O–H groups in total. The molecule has 1 atom stereocenters. The number of para-hydroxylation sites is 1. The number of anilines is 2. The van der Waals surface area contributed by atoms with Crippen molar-refractivity contribution in [1.82, 2.24) is 0 Å². The Hall–Kier alpha value is -2.49. The zero-order valence-corrected chi connectivity index (χ0v) is 13.4. The fraction of sp³-hybridized carbons (Fsp3) is 0.278. The molecular formula is C18H22N2O2. The Kier molecular flexibility index (Phi) is 4.71. The van der Waals surface area contributed by atoms with Crippen LogP contribution in [0.1, 0.15) is 23.6 Å². The second-order valence-electron chi connectivity index (χ2n) is 5.54. The molecule has 2 rings (SSSR count). The normalized spacial score (nSPS) is 11.8. The van der Waals surface area contributed by atoms with Crippen LogP contribution in [0.4, 0.5) is 11.4 Å². The van der Waals surface area contributed by atoms with Crippen molar-refractivity contribution in [3.63, 3.8) is 0 Å². The van der Waals surface area contributed by atoms with Crippen LogP contribution in [0.2, 0.25) is 0 Å². The maximum atomic E-state index is 12.3. The van der Waals surface area contributed by atoms with E-state index in [0.29, 0.717) is 5.69 Å². The van der Waals surface area contributed by atoms with Gasteiger partial charge in [-0.2, -0.15) is 0 Å². The highest BCUT2D eigenvalue weighted by molar-refractivity contribution is 5.95. The van der Waals surface area contributed by atoms with Crippen LogP contribution in [0, 0.1) is 20.8 Å². The number of nitrogen functional groups attached to an aromatic ring is 1. The molecule has 0 saturated carbocycles. The molecule has 22 heavy (non-hydrogen) atoms. The molecule has 0 heterocycles. The van der Waals surface area contributed by atoms with Crippen LogP contribution in [-0.4, -0.2) is 12.0 Å². The molecule has 0 fully saturated rings. The van der Waals surface area contributed by atoms with Gasteiger partial charge in [0.15, 0.2) is 6.10 Å². The molecule has 0 aliphatic rings. The summed E-state index contributed by atoms with van der Waals surface area (Å²) in [5, 5.41) is 2.88. The van der Waals surface area contributed by atoms with E-state index >= 15 is 0 Å². The van der Waals surface area contributed by atoms with Crippen molar-refractivity contribution in [1.29, 1.82) is 0 Å². The zero-order valence-electron chi connectivity index (χ0n) is 13.4. The van der Waals surface area contributed by atoms with Gasteiger partial charge in [0, 0.05) is 11.4 Å². The van der Waals surface area contributed by atoms with Crippen LogP contribution in [0.15, 0.2) is 36.4 Å². The standard InChI is InChI=1S/C18H22N2O2/c1-11-6-5-7-12(2)17(11)22-14(4)18(21)20-16-9-8-15(19)10-13(16)3/h5-10,14H,19H2,1-4H3,(H,20,21)/t14-/m0/s1. The highest BCUT2D eigenvalue weighted by Crippen LogP contribution is 2.24. The number of ether oxygens (including phenoxy) is 1. The van der Waals surface area contributed by atoms with E-state index in [9.17, 15) is 4.79 Å². The lowest BCUT2D eigenvalue weighted by Gasteiger charge is -2.18. The number of carbonyl (C=O) groups excluding carboxylic acids is 1. The summed E-state index contributed by atoms with van der Waals surface area (Å²) < 4.78 is 5.84. The van der Waals surface area contributed by atoms with Gasteiger partial charge in [0.1, 0.15) is 5.75 Å². The van der Waals surface area contributed by atoms with Gasteiger partial charge in [-0.3, -0.25) is 4.79 Å². The minimum absolute atomic E-state index is 0.185. The van der Waals surface area contributed by atoms with Gasteiger partial charge in [0.05, 0.1) is 0 Å². The third-order valence-corrected chi connectivity index (χ3v) is 3.58. The average molecular weight is 298 g/mol. The number of hydrogen-bond donors (Lipinski definition) is 2. The lowest BCUT2D eigenvalue weighted by Crippen LogP contribution is -2.30. The van der Waals surface area contributed by atoms with E-state index < -0.39 is 6.10 Å². The van der Waals surface area contributed by atoms with Crippen molar-refractivity contribution in [2.24, 2.45) is 0 Å². The maximum Gasteiger partial charge on any atom is 0.265 e. The van der Waals surface area contributed by atoms with Crippen molar-refractivity contribution in [3.05, 3.63) is 53.1 Å². The lowest BCUT2D eigenvalue weighted by atomic mass is 10.1. The molecule has 0 spiro atoms. The number of nitrogens with two attached hydrogens (primary N) is 1. The van der Waals surface area contributed by atoms with E-state index in [1.165, 1.54) is 0 Å². The number of nitrogens with one attached hydrogen (secondary N) is 1.